The highest BCUT2D eigenvalue weighted by Crippen LogP contribution is 2.28. The van der Waals surface area contributed by atoms with E-state index < -0.39 is 17.7 Å². The Morgan fingerprint density at radius 3 is 2.55 bits per heavy atom. The molecule has 0 N–H and O–H groups in total. The number of hydrogen-bond donors (Lipinski definition) is 0. The normalized spacial score (nSPS) is 15.2. The van der Waals surface area contributed by atoms with Gasteiger partial charge in [-0.2, -0.15) is 18.3 Å². The van der Waals surface area contributed by atoms with Gasteiger partial charge in [-0.25, -0.2) is 4.98 Å². The minimum atomic E-state index is -4.62. The van der Waals surface area contributed by atoms with E-state index in [9.17, 15) is 22.8 Å². The summed E-state index contributed by atoms with van der Waals surface area (Å²) < 4.78 is 40.9. The first kappa shape index (κ1) is 23.4. The Labute approximate surface area is 196 Å². The number of amides is 1. The van der Waals surface area contributed by atoms with Crippen LogP contribution in [0.3, 0.4) is 0 Å². The molecule has 11 heteroatoms. The summed E-state index contributed by atoms with van der Waals surface area (Å²) in [4.78, 5) is 32.6. The lowest BCUT2D eigenvalue weighted by Gasteiger charge is -2.32. The molecule has 1 aliphatic rings. The van der Waals surface area contributed by atoms with Gasteiger partial charge in [0.1, 0.15) is 17.9 Å². The van der Waals surface area contributed by atoms with E-state index in [0.717, 1.165) is 24.5 Å². The van der Waals surface area contributed by atoms with Gasteiger partial charge in [-0.15, -0.1) is 0 Å². The fourth-order valence-electron chi connectivity index (χ4n) is 3.67. The van der Waals surface area contributed by atoms with Crippen LogP contribution in [0.25, 0.3) is 10.9 Å². The van der Waals surface area contributed by atoms with Crippen molar-refractivity contribution < 1.29 is 22.8 Å². The Balaban J connectivity index is 1.50. The fourth-order valence-corrected chi connectivity index (χ4v) is 4.14. The Kier molecular flexibility index (Phi) is 6.53. The Morgan fingerprint density at radius 1 is 1.12 bits per heavy atom. The Morgan fingerprint density at radius 2 is 1.85 bits per heavy atom. The lowest BCUT2D eigenvalue weighted by molar-refractivity contribution is -0.141. The molecule has 3 aromatic rings. The Hall–Kier alpha value is -2.79. The first-order chi connectivity index (χ1) is 15.6. The third-order valence-electron chi connectivity index (χ3n) is 5.55. The maximum Gasteiger partial charge on any atom is 0.433 e. The standard InChI is InChI=1S/C22H21BrF3N5O2/c1-29-5-7-30(8-6-29)21(33)13-31-12-15-9-14(16(23)11-18(15)28-31)10-19(32)17-3-2-4-20(27-17)22(24,25)26/h2-4,9,11-12H,5-8,10,13H2,1H3. The summed E-state index contributed by atoms with van der Waals surface area (Å²) in [6.07, 6.45) is -3.02. The quantitative estimate of drug-likeness (QED) is 0.479. The van der Waals surface area contributed by atoms with Crippen LogP contribution in [0.2, 0.25) is 0 Å². The van der Waals surface area contributed by atoms with Gasteiger partial charge in [0.05, 0.1) is 5.52 Å². The monoisotopic (exact) mass is 523 g/mol. The van der Waals surface area contributed by atoms with Crippen molar-refractivity contribution in [3.05, 3.63) is 58.0 Å². The average molecular weight is 524 g/mol. The lowest BCUT2D eigenvalue weighted by atomic mass is 10.0. The van der Waals surface area contributed by atoms with Crippen molar-refractivity contribution in [3.8, 4) is 0 Å². The molecule has 2 aromatic heterocycles. The van der Waals surface area contributed by atoms with Crippen LogP contribution in [0.4, 0.5) is 13.2 Å². The maximum atomic E-state index is 12.9. The van der Waals surface area contributed by atoms with E-state index in [4.69, 9.17) is 0 Å². The van der Waals surface area contributed by atoms with Crippen molar-refractivity contribution in [1.29, 1.82) is 0 Å². The molecular formula is C22H21BrF3N5O2. The summed E-state index contributed by atoms with van der Waals surface area (Å²) in [5.41, 5.74) is -0.113. The van der Waals surface area contributed by atoms with Gasteiger partial charge in [0.15, 0.2) is 5.78 Å². The largest absolute Gasteiger partial charge is 0.433 e. The van der Waals surface area contributed by atoms with E-state index in [-0.39, 0.29) is 24.6 Å². The molecule has 3 heterocycles. The molecule has 0 spiro atoms. The minimum absolute atomic E-state index is 0.0130. The van der Waals surface area contributed by atoms with Gasteiger partial charge >= 0.3 is 6.18 Å². The average Bonchev–Trinajstić information content (AvgIpc) is 3.14. The Bertz CT molecular complexity index is 1200. The SMILES string of the molecule is CN1CCN(C(=O)Cn2cc3cc(CC(=O)c4cccc(C(F)(F)F)n4)c(Br)cc3n2)CC1. The van der Waals surface area contributed by atoms with Gasteiger partial charge in [0.2, 0.25) is 5.91 Å². The highest BCUT2D eigenvalue weighted by atomic mass is 79.9. The van der Waals surface area contributed by atoms with Crippen molar-refractivity contribution in [3.63, 3.8) is 0 Å². The molecule has 1 saturated heterocycles. The number of Topliss-reactive ketones (excluding diaryl/α,β-unsaturated/α-hetero) is 1. The molecule has 174 valence electrons. The van der Waals surface area contributed by atoms with E-state index in [1.165, 1.54) is 12.1 Å². The van der Waals surface area contributed by atoms with Crippen LogP contribution < -0.4 is 0 Å². The lowest BCUT2D eigenvalue weighted by Crippen LogP contribution is -2.48. The topological polar surface area (TPSA) is 71.3 Å². The highest BCUT2D eigenvalue weighted by molar-refractivity contribution is 9.10. The molecule has 0 saturated carbocycles. The van der Waals surface area contributed by atoms with E-state index in [1.54, 1.807) is 23.0 Å². The molecule has 0 unspecified atom stereocenters. The van der Waals surface area contributed by atoms with Crippen LogP contribution in [-0.2, 0) is 23.9 Å². The molecule has 1 fully saturated rings. The molecule has 1 amide bonds. The van der Waals surface area contributed by atoms with E-state index in [2.05, 4.69) is 30.9 Å². The van der Waals surface area contributed by atoms with E-state index in [0.29, 0.717) is 28.6 Å². The molecule has 0 bridgehead atoms. The van der Waals surface area contributed by atoms with Crippen LogP contribution in [0.5, 0.6) is 0 Å². The smallest absolute Gasteiger partial charge is 0.339 e. The fraction of sp³-hybridized carbons (Fsp3) is 0.364. The third-order valence-corrected chi connectivity index (χ3v) is 6.29. The number of alkyl halides is 3. The maximum absolute atomic E-state index is 12.9. The molecule has 4 rings (SSSR count). The van der Waals surface area contributed by atoms with Crippen molar-refractivity contribution in [2.75, 3.05) is 33.2 Å². The van der Waals surface area contributed by atoms with Gasteiger partial charge < -0.3 is 9.80 Å². The molecule has 0 aliphatic carbocycles. The predicted molar refractivity (Wildman–Crippen MR) is 119 cm³/mol. The number of pyridine rings is 1. The number of fused-ring (bicyclic) bond motifs is 1. The molecular weight excluding hydrogens is 503 g/mol. The van der Waals surface area contributed by atoms with Gasteiger partial charge in [0, 0.05) is 48.7 Å². The number of hydrogen-bond acceptors (Lipinski definition) is 5. The summed E-state index contributed by atoms with van der Waals surface area (Å²) >= 11 is 3.41. The predicted octanol–water partition coefficient (Wildman–Crippen LogP) is 3.41. The van der Waals surface area contributed by atoms with Crippen LogP contribution in [0, 0.1) is 0 Å². The third kappa shape index (κ3) is 5.41. The van der Waals surface area contributed by atoms with Crippen molar-refractivity contribution in [2.24, 2.45) is 0 Å². The number of aromatic nitrogens is 3. The number of carbonyl (C=O) groups excluding carboxylic acids is 2. The number of benzene rings is 1. The van der Waals surface area contributed by atoms with E-state index >= 15 is 0 Å². The van der Waals surface area contributed by atoms with E-state index in [1.807, 2.05) is 11.9 Å². The number of halogens is 4. The van der Waals surface area contributed by atoms with Crippen molar-refractivity contribution in [1.82, 2.24) is 24.6 Å². The van der Waals surface area contributed by atoms with Crippen molar-refractivity contribution in [2.45, 2.75) is 19.1 Å². The summed E-state index contributed by atoms with van der Waals surface area (Å²) in [6.45, 7) is 3.13. The minimum Gasteiger partial charge on any atom is -0.339 e. The number of likely N-dealkylation sites (N-methyl/N-ethyl adjacent to an activating group) is 1. The highest BCUT2D eigenvalue weighted by Gasteiger charge is 2.33. The van der Waals surface area contributed by atoms with Crippen LogP contribution in [-0.4, -0.2) is 69.5 Å². The second kappa shape index (κ2) is 9.22. The van der Waals surface area contributed by atoms with Gasteiger partial charge in [-0.1, -0.05) is 22.0 Å². The zero-order valence-corrected chi connectivity index (χ0v) is 19.4. The molecule has 0 atom stereocenters. The first-order valence-corrected chi connectivity index (χ1v) is 11.1. The van der Waals surface area contributed by atoms with Crippen LogP contribution in [0.15, 0.2) is 41.0 Å². The molecule has 0 radical (unpaired) electrons. The number of nitrogens with zero attached hydrogens (tertiary/aromatic N) is 5. The molecule has 1 aliphatic heterocycles. The number of piperazine rings is 1. The first-order valence-electron chi connectivity index (χ1n) is 10.3. The molecule has 7 nitrogen and oxygen atoms in total. The van der Waals surface area contributed by atoms with Gasteiger partial charge in [0.25, 0.3) is 0 Å². The van der Waals surface area contributed by atoms with Crippen LogP contribution >= 0.6 is 15.9 Å². The summed E-state index contributed by atoms with van der Waals surface area (Å²) in [5.74, 6) is -0.542. The van der Waals surface area contributed by atoms with Gasteiger partial charge in [-0.05, 0) is 36.9 Å². The number of ketones is 1. The zero-order chi connectivity index (χ0) is 23.8. The van der Waals surface area contributed by atoms with Gasteiger partial charge in [-0.3, -0.25) is 14.3 Å². The summed E-state index contributed by atoms with van der Waals surface area (Å²) in [5, 5.41) is 5.17. The molecule has 1 aromatic carbocycles. The summed E-state index contributed by atoms with van der Waals surface area (Å²) in [7, 11) is 2.02. The summed E-state index contributed by atoms with van der Waals surface area (Å²) in [6, 6.07) is 6.74. The number of rotatable bonds is 5. The van der Waals surface area contributed by atoms with Crippen molar-refractivity contribution >= 4 is 38.5 Å². The second-order valence-corrected chi connectivity index (χ2v) is 8.87. The zero-order valence-electron chi connectivity index (χ0n) is 17.8. The second-order valence-electron chi connectivity index (χ2n) is 8.02. The number of carbonyl (C=O) groups is 2. The van der Waals surface area contributed by atoms with Crippen LogP contribution in [0.1, 0.15) is 21.7 Å². The molecule has 33 heavy (non-hydrogen) atoms.